The van der Waals surface area contributed by atoms with Crippen molar-refractivity contribution in [3.8, 4) is 0 Å². The van der Waals surface area contributed by atoms with Crippen LogP contribution in [0.15, 0.2) is 76.0 Å². The Balaban J connectivity index is 2.35. The first-order valence-corrected chi connectivity index (χ1v) is 9.52. The lowest BCUT2D eigenvalue weighted by Crippen LogP contribution is -2.21. The fourth-order valence-corrected chi connectivity index (χ4v) is 3.21. The highest BCUT2D eigenvalue weighted by atomic mass is 79.9. The fraction of sp³-hybridized carbons (Fsp3) is 0.227. The van der Waals surface area contributed by atoms with E-state index in [0.717, 1.165) is 33.4 Å². The van der Waals surface area contributed by atoms with Crippen molar-refractivity contribution >= 4 is 33.6 Å². The molecular weight excluding hydrogens is 407 g/mol. The topological polar surface area (TPSA) is 32.3 Å². The zero-order valence-electron chi connectivity index (χ0n) is 15.8. The van der Waals surface area contributed by atoms with Crippen LogP contribution in [0.2, 0.25) is 0 Å². The van der Waals surface area contributed by atoms with Crippen LogP contribution in [-0.4, -0.2) is 19.9 Å². The maximum Gasteiger partial charge on any atom is 0.151 e. The molecule has 0 amide bonds. The van der Waals surface area contributed by atoms with Crippen LogP contribution in [0.3, 0.4) is 0 Å². The van der Waals surface area contributed by atoms with Crippen molar-refractivity contribution in [2.75, 3.05) is 23.8 Å². The summed E-state index contributed by atoms with van der Waals surface area (Å²) in [6, 6.07) is 4.63. The number of nitrogens with zero attached hydrogens (tertiary/aromatic N) is 1. The maximum atomic E-state index is 13.9. The van der Waals surface area contributed by atoms with Crippen LogP contribution in [0.1, 0.15) is 20.3 Å². The van der Waals surface area contributed by atoms with Gasteiger partial charge in [-0.15, -0.1) is 0 Å². The van der Waals surface area contributed by atoms with Gasteiger partial charge in [-0.1, -0.05) is 51.9 Å². The van der Waals surface area contributed by atoms with Gasteiger partial charge in [-0.05, 0) is 38.1 Å². The van der Waals surface area contributed by atoms with E-state index in [4.69, 9.17) is 0 Å². The highest BCUT2D eigenvalue weighted by molar-refractivity contribution is 9.11. The van der Waals surface area contributed by atoms with E-state index in [1.54, 1.807) is 12.1 Å². The monoisotopic (exact) mass is 430 g/mol. The summed E-state index contributed by atoms with van der Waals surface area (Å²) < 4.78 is 14.7. The summed E-state index contributed by atoms with van der Waals surface area (Å²) in [4.78, 5) is 13.5. The highest BCUT2D eigenvalue weighted by Crippen LogP contribution is 2.30. The van der Waals surface area contributed by atoms with Gasteiger partial charge < -0.3 is 10.2 Å². The molecule has 1 aromatic carbocycles. The normalized spacial score (nSPS) is 15.0. The van der Waals surface area contributed by atoms with Crippen LogP contribution in [0.25, 0.3) is 0 Å². The molecule has 0 saturated carbocycles. The minimum atomic E-state index is -0.300. The Morgan fingerprint density at radius 1 is 1.41 bits per heavy atom. The Labute approximate surface area is 168 Å². The van der Waals surface area contributed by atoms with Crippen LogP contribution >= 0.6 is 15.9 Å². The largest absolute Gasteiger partial charge is 0.369 e. The lowest BCUT2D eigenvalue weighted by molar-refractivity contribution is -0.104. The Hall–Kier alpha value is -2.40. The van der Waals surface area contributed by atoms with Crippen LogP contribution in [0.5, 0.6) is 0 Å². The smallest absolute Gasteiger partial charge is 0.151 e. The molecule has 0 spiro atoms. The van der Waals surface area contributed by atoms with E-state index in [0.29, 0.717) is 18.5 Å². The Bertz CT molecular complexity index is 850. The molecule has 1 aliphatic carbocycles. The molecule has 0 heterocycles. The maximum absolute atomic E-state index is 13.9. The minimum Gasteiger partial charge on any atom is -0.369 e. The van der Waals surface area contributed by atoms with Gasteiger partial charge in [0.15, 0.2) is 6.29 Å². The van der Waals surface area contributed by atoms with Crippen molar-refractivity contribution in [3.05, 3.63) is 81.8 Å². The lowest BCUT2D eigenvalue weighted by atomic mass is 10.1. The number of anilines is 2. The zero-order valence-corrected chi connectivity index (χ0v) is 17.4. The summed E-state index contributed by atoms with van der Waals surface area (Å²) in [5.74, 6) is -0.300. The molecule has 27 heavy (non-hydrogen) atoms. The zero-order chi connectivity index (χ0) is 19.8. The number of likely N-dealkylation sites (N-methyl/N-ethyl adjacent to an activating group) is 1. The van der Waals surface area contributed by atoms with Gasteiger partial charge in [0.25, 0.3) is 0 Å². The van der Waals surface area contributed by atoms with E-state index >= 15 is 0 Å². The average molecular weight is 431 g/mol. The van der Waals surface area contributed by atoms with Crippen molar-refractivity contribution in [1.29, 1.82) is 0 Å². The number of allylic oxidation sites excluding steroid dienone is 8. The number of nitrogens with one attached hydrogen (secondary N) is 1. The Kier molecular flexibility index (Phi) is 7.80. The van der Waals surface area contributed by atoms with Crippen molar-refractivity contribution in [2.24, 2.45) is 0 Å². The highest BCUT2D eigenvalue weighted by Gasteiger charge is 2.13. The third-order valence-electron chi connectivity index (χ3n) is 4.08. The van der Waals surface area contributed by atoms with E-state index in [2.05, 4.69) is 21.2 Å². The third kappa shape index (κ3) is 6.07. The van der Waals surface area contributed by atoms with Gasteiger partial charge >= 0.3 is 0 Å². The molecule has 3 nitrogen and oxygen atoms in total. The average Bonchev–Trinajstić information content (AvgIpc) is 2.82. The van der Waals surface area contributed by atoms with Gasteiger partial charge in [0.2, 0.25) is 0 Å². The second-order valence-electron chi connectivity index (χ2n) is 6.37. The van der Waals surface area contributed by atoms with E-state index < -0.39 is 0 Å². The number of aldehydes is 1. The molecule has 1 aromatic rings. The van der Waals surface area contributed by atoms with Gasteiger partial charge in [0.1, 0.15) is 5.82 Å². The van der Waals surface area contributed by atoms with Gasteiger partial charge in [-0.2, -0.15) is 0 Å². The predicted octanol–water partition coefficient (Wildman–Crippen LogP) is 5.89. The molecule has 142 valence electrons. The van der Waals surface area contributed by atoms with E-state index in [9.17, 15) is 9.18 Å². The molecule has 0 atom stereocenters. The minimum absolute atomic E-state index is 0.300. The van der Waals surface area contributed by atoms with Crippen LogP contribution < -0.4 is 10.2 Å². The predicted molar refractivity (Wildman–Crippen MR) is 116 cm³/mol. The SMILES string of the molecule is C/C=C\C=C(/C)CN(C)c1cc(F)ccc1NC1=C(C=O)C=C(Br)C=CC1. The quantitative estimate of drug-likeness (QED) is 0.432. The van der Waals surface area contributed by atoms with Gasteiger partial charge in [0, 0.05) is 35.8 Å². The summed E-state index contributed by atoms with van der Waals surface area (Å²) in [5, 5.41) is 3.33. The molecule has 0 bridgehead atoms. The van der Waals surface area contributed by atoms with Crippen LogP contribution in [-0.2, 0) is 4.79 Å². The number of halogens is 2. The fourth-order valence-electron chi connectivity index (χ4n) is 2.78. The summed E-state index contributed by atoms with van der Waals surface area (Å²) in [6.45, 7) is 4.66. The molecule has 1 aliphatic rings. The lowest BCUT2D eigenvalue weighted by Gasteiger charge is -2.24. The Morgan fingerprint density at radius 2 is 2.19 bits per heavy atom. The second kappa shape index (κ2) is 10.1. The van der Waals surface area contributed by atoms with E-state index in [1.165, 1.54) is 12.1 Å². The number of hydrogen-bond donors (Lipinski definition) is 1. The summed E-state index contributed by atoms with van der Waals surface area (Å²) in [7, 11) is 1.92. The molecular formula is C22H24BrFN2O. The van der Waals surface area contributed by atoms with Gasteiger partial charge in [0.05, 0.1) is 11.4 Å². The van der Waals surface area contributed by atoms with Crippen molar-refractivity contribution in [1.82, 2.24) is 0 Å². The van der Waals surface area contributed by atoms with Crippen molar-refractivity contribution < 1.29 is 9.18 Å². The number of carbonyl (C=O) groups excluding carboxylic acids is 1. The van der Waals surface area contributed by atoms with Gasteiger partial charge in [-0.3, -0.25) is 4.79 Å². The molecule has 0 unspecified atom stereocenters. The summed E-state index contributed by atoms with van der Waals surface area (Å²) >= 11 is 3.41. The summed E-state index contributed by atoms with van der Waals surface area (Å²) in [5.41, 5.74) is 3.99. The number of benzene rings is 1. The van der Waals surface area contributed by atoms with E-state index in [1.807, 2.05) is 56.2 Å². The van der Waals surface area contributed by atoms with Crippen molar-refractivity contribution in [3.63, 3.8) is 0 Å². The van der Waals surface area contributed by atoms with Crippen LogP contribution in [0, 0.1) is 5.82 Å². The summed E-state index contributed by atoms with van der Waals surface area (Å²) in [6.07, 6.45) is 13.0. The standard InChI is InChI=1S/C22H24BrFN2O/c1-4-5-7-16(2)14-26(3)22-13-19(24)10-11-21(22)25-20-9-6-8-18(23)12-17(20)15-27/h4-8,10-13,15,25H,9,14H2,1-3H3/b5-4-,16-7+. The molecule has 0 fully saturated rings. The second-order valence-corrected chi connectivity index (χ2v) is 7.28. The molecule has 0 aliphatic heterocycles. The number of hydrogen-bond acceptors (Lipinski definition) is 3. The Morgan fingerprint density at radius 3 is 2.89 bits per heavy atom. The molecule has 0 aromatic heterocycles. The third-order valence-corrected chi connectivity index (χ3v) is 4.58. The van der Waals surface area contributed by atoms with Crippen LogP contribution in [0.4, 0.5) is 15.8 Å². The molecule has 0 radical (unpaired) electrons. The number of rotatable bonds is 7. The van der Waals surface area contributed by atoms with Gasteiger partial charge in [-0.25, -0.2) is 4.39 Å². The molecule has 0 saturated heterocycles. The van der Waals surface area contributed by atoms with Crippen molar-refractivity contribution in [2.45, 2.75) is 20.3 Å². The first-order chi connectivity index (χ1) is 12.9. The molecule has 1 N–H and O–H groups in total. The first-order valence-electron chi connectivity index (χ1n) is 8.72. The molecule has 5 heteroatoms. The first kappa shape index (κ1) is 20.9. The molecule has 2 rings (SSSR count). The van der Waals surface area contributed by atoms with E-state index in [-0.39, 0.29) is 5.82 Å². The number of carbonyl (C=O) groups is 1.